The van der Waals surface area contributed by atoms with Crippen LogP contribution in [0.3, 0.4) is 0 Å². The normalized spacial score (nSPS) is 10.5. The molecule has 0 atom stereocenters. The van der Waals surface area contributed by atoms with Crippen molar-refractivity contribution < 1.29 is 0 Å². The van der Waals surface area contributed by atoms with Crippen LogP contribution in [0.1, 0.15) is 12.5 Å². The van der Waals surface area contributed by atoms with Gasteiger partial charge in [-0.25, -0.2) is 0 Å². The maximum absolute atomic E-state index is 5.73. The minimum Gasteiger partial charge on any atom is -0.0961 e. The smallest absolute Gasteiger partial charge is 0.0406 e. The van der Waals surface area contributed by atoms with Gasteiger partial charge in [0.25, 0.3) is 0 Å². The molecule has 0 aromatic heterocycles. The van der Waals surface area contributed by atoms with Crippen LogP contribution in [-0.2, 0) is 0 Å². The monoisotopic (exact) mass is 178 g/mol. The second-order valence-corrected chi connectivity index (χ2v) is 3.17. The van der Waals surface area contributed by atoms with Gasteiger partial charge in [-0.05, 0) is 24.6 Å². The zero-order chi connectivity index (χ0) is 8.97. The van der Waals surface area contributed by atoms with Gasteiger partial charge in [0.1, 0.15) is 0 Å². The lowest BCUT2D eigenvalue weighted by atomic mass is 10.2. The van der Waals surface area contributed by atoms with Crippen molar-refractivity contribution in [2.75, 3.05) is 0 Å². The van der Waals surface area contributed by atoms with Crippen molar-refractivity contribution in [3.63, 3.8) is 0 Å². The molecule has 0 spiro atoms. The average Bonchev–Trinajstić information content (AvgIpc) is 2.03. The van der Waals surface area contributed by atoms with Crippen molar-refractivity contribution in [3.05, 3.63) is 53.1 Å². The van der Waals surface area contributed by atoms with Gasteiger partial charge in [0, 0.05) is 5.02 Å². The third-order valence-corrected chi connectivity index (χ3v) is 1.68. The van der Waals surface area contributed by atoms with E-state index in [1.54, 1.807) is 0 Å². The molecule has 1 heteroatoms. The van der Waals surface area contributed by atoms with Crippen molar-refractivity contribution in [2.24, 2.45) is 0 Å². The van der Waals surface area contributed by atoms with Gasteiger partial charge >= 0.3 is 0 Å². The Morgan fingerprint density at radius 2 is 1.92 bits per heavy atom. The topological polar surface area (TPSA) is 0 Å². The highest BCUT2D eigenvalue weighted by atomic mass is 35.5. The first-order chi connectivity index (χ1) is 5.68. The highest BCUT2D eigenvalue weighted by Gasteiger charge is 1.86. The van der Waals surface area contributed by atoms with E-state index in [4.69, 9.17) is 11.6 Å². The van der Waals surface area contributed by atoms with Gasteiger partial charge < -0.3 is 0 Å². The second-order valence-electron chi connectivity index (χ2n) is 2.73. The first-order valence-electron chi connectivity index (χ1n) is 3.77. The number of hydrogen-bond donors (Lipinski definition) is 0. The van der Waals surface area contributed by atoms with Crippen LogP contribution in [0, 0.1) is 0 Å². The highest BCUT2D eigenvalue weighted by Crippen LogP contribution is 2.11. The van der Waals surface area contributed by atoms with Crippen molar-refractivity contribution in [1.82, 2.24) is 0 Å². The number of allylic oxidation sites excluding steroid dienone is 2. The summed E-state index contributed by atoms with van der Waals surface area (Å²) in [5.74, 6) is 0. The third-order valence-electron chi connectivity index (χ3n) is 1.43. The molecule has 0 aliphatic rings. The predicted molar refractivity (Wildman–Crippen MR) is 55.3 cm³/mol. The molecule has 0 aliphatic heterocycles. The summed E-state index contributed by atoms with van der Waals surface area (Å²) in [5, 5.41) is 0.766. The Balaban J connectivity index is 2.77. The third kappa shape index (κ3) is 2.93. The van der Waals surface area contributed by atoms with E-state index in [1.165, 1.54) is 0 Å². The Morgan fingerprint density at radius 1 is 1.33 bits per heavy atom. The molecule has 12 heavy (non-hydrogen) atoms. The Hall–Kier alpha value is -1.01. The largest absolute Gasteiger partial charge is 0.0961 e. The fraction of sp³-hybridized carbons (Fsp3) is 0.0909. The molecule has 1 aromatic carbocycles. The van der Waals surface area contributed by atoms with Crippen LogP contribution in [0.15, 0.2) is 42.5 Å². The van der Waals surface area contributed by atoms with Crippen LogP contribution >= 0.6 is 11.6 Å². The summed E-state index contributed by atoms with van der Waals surface area (Å²) in [6.07, 6.45) is 3.99. The highest BCUT2D eigenvalue weighted by molar-refractivity contribution is 6.30. The van der Waals surface area contributed by atoms with Gasteiger partial charge in [-0.3, -0.25) is 0 Å². The first kappa shape index (κ1) is 9.08. The molecule has 0 amide bonds. The Labute approximate surface area is 78.2 Å². The lowest BCUT2D eigenvalue weighted by molar-refractivity contribution is 1.57. The van der Waals surface area contributed by atoms with Crippen LogP contribution in [0.25, 0.3) is 6.08 Å². The minimum atomic E-state index is 0.766. The molecular weight excluding hydrogens is 168 g/mol. The summed E-state index contributed by atoms with van der Waals surface area (Å²) in [4.78, 5) is 0. The molecule has 62 valence electrons. The fourth-order valence-corrected chi connectivity index (χ4v) is 0.938. The number of benzene rings is 1. The molecule has 0 aliphatic carbocycles. The summed E-state index contributed by atoms with van der Waals surface area (Å²) in [6, 6.07) is 7.70. The molecule has 1 aromatic rings. The molecule has 0 heterocycles. The van der Waals surface area contributed by atoms with Crippen molar-refractivity contribution >= 4 is 17.7 Å². The van der Waals surface area contributed by atoms with Crippen LogP contribution in [0.4, 0.5) is 0 Å². The van der Waals surface area contributed by atoms with Crippen LogP contribution in [-0.4, -0.2) is 0 Å². The summed E-state index contributed by atoms with van der Waals surface area (Å²) < 4.78 is 0. The minimum absolute atomic E-state index is 0.766. The molecule has 0 bridgehead atoms. The van der Waals surface area contributed by atoms with Crippen molar-refractivity contribution in [2.45, 2.75) is 6.92 Å². The van der Waals surface area contributed by atoms with Crippen LogP contribution in [0.2, 0.25) is 5.02 Å². The van der Waals surface area contributed by atoms with Gasteiger partial charge in [0.05, 0.1) is 0 Å². The van der Waals surface area contributed by atoms with E-state index in [1.807, 2.05) is 43.3 Å². The molecule has 1 rings (SSSR count). The lowest BCUT2D eigenvalue weighted by Gasteiger charge is -1.92. The van der Waals surface area contributed by atoms with E-state index in [9.17, 15) is 0 Å². The lowest BCUT2D eigenvalue weighted by Crippen LogP contribution is -1.70. The molecule has 0 saturated heterocycles. The maximum atomic E-state index is 5.73. The number of hydrogen-bond acceptors (Lipinski definition) is 0. The summed E-state index contributed by atoms with van der Waals surface area (Å²) >= 11 is 5.73. The first-order valence-corrected chi connectivity index (χ1v) is 4.15. The van der Waals surface area contributed by atoms with Crippen molar-refractivity contribution in [1.29, 1.82) is 0 Å². The Kier molecular flexibility index (Phi) is 3.12. The fourth-order valence-electron chi connectivity index (χ4n) is 0.812. The van der Waals surface area contributed by atoms with Gasteiger partial charge in [-0.1, -0.05) is 48.0 Å². The van der Waals surface area contributed by atoms with E-state index >= 15 is 0 Å². The quantitative estimate of drug-likeness (QED) is 0.602. The summed E-state index contributed by atoms with van der Waals surface area (Å²) in [6.45, 7) is 5.74. The van der Waals surface area contributed by atoms with Crippen molar-refractivity contribution in [3.8, 4) is 0 Å². The van der Waals surface area contributed by atoms with Crippen LogP contribution in [0.5, 0.6) is 0 Å². The molecule has 0 radical (unpaired) electrons. The number of rotatable bonds is 2. The van der Waals surface area contributed by atoms with Crippen LogP contribution < -0.4 is 0 Å². The standard InChI is InChI=1S/C11H11Cl/c1-9(2)3-4-10-5-7-11(12)8-6-10/h3-8H,1H2,2H3. The zero-order valence-corrected chi connectivity index (χ0v) is 7.81. The van der Waals surface area contributed by atoms with Gasteiger partial charge in [0.2, 0.25) is 0 Å². The molecule has 0 N–H and O–H groups in total. The van der Waals surface area contributed by atoms with E-state index < -0.39 is 0 Å². The molecular formula is C11H11Cl. The van der Waals surface area contributed by atoms with E-state index in [-0.39, 0.29) is 0 Å². The van der Waals surface area contributed by atoms with E-state index in [0.717, 1.165) is 16.2 Å². The van der Waals surface area contributed by atoms with Gasteiger partial charge in [-0.15, -0.1) is 0 Å². The van der Waals surface area contributed by atoms with Gasteiger partial charge in [-0.2, -0.15) is 0 Å². The molecule has 0 fully saturated rings. The number of halogens is 1. The van der Waals surface area contributed by atoms with Gasteiger partial charge in [0.15, 0.2) is 0 Å². The predicted octanol–water partition coefficient (Wildman–Crippen LogP) is 3.93. The summed E-state index contributed by atoms with van der Waals surface area (Å²) in [7, 11) is 0. The maximum Gasteiger partial charge on any atom is 0.0406 e. The zero-order valence-electron chi connectivity index (χ0n) is 7.05. The molecule has 0 saturated carbocycles. The summed E-state index contributed by atoms with van der Waals surface area (Å²) in [5.41, 5.74) is 2.19. The molecule has 0 unspecified atom stereocenters. The Bertz CT molecular complexity index is 293. The second kappa shape index (κ2) is 4.13. The SMILES string of the molecule is C=C(C)C=Cc1ccc(Cl)cc1. The molecule has 0 nitrogen and oxygen atoms in total. The average molecular weight is 179 g/mol. The van der Waals surface area contributed by atoms with E-state index in [0.29, 0.717) is 0 Å². The van der Waals surface area contributed by atoms with E-state index in [2.05, 4.69) is 6.58 Å². The Morgan fingerprint density at radius 3 is 2.42 bits per heavy atom.